The van der Waals surface area contributed by atoms with Crippen LogP contribution >= 0.6 is 11.3 Å². The van der Waals surface area contributed by atoms with Gasteiger partial charge in [0, 0.05) is 19.3 Å². The zero-order chi connectivity index (χ0) is 9.10. The molecule has 0 saturated heterocycles. The number of rotatable bonds is 3. The molecule has 0 amide bonds. The van der Waals surface area contributed by atoms with Crippen molar-refractivity contribution in [1.82, 2.24) is 9.55 Å². The number of nitrogens with zero attached hydrogens (tertiary/aromatic N) is 2. The Balaban J connectivity index is 2.10. The van der Waals surface area contributed by atoms with Crippen molar-refractivity contribution in [1.29, 1.82) is 0 Å². The maximum Gasteiger partial charge on any atom is 0.0953 e. The van der Waals surface area contributed by atoms with Crippen LogP contribution in [0.4, 0.5) is 0 Å². The van der Waals surface area contributed by atoms with Crippen LogP contribution in [0.25, 0.3) is 0 Å². The summed E-state index contributed by atoms with van der Waals surface area (Å²) in [6, 6.07) is 2.12. The van der Waals surface area contributed by atoms with Gasteiger partial charge in [0.2, 0.25) is 0 Å². The van der Waals surface area contributed by atoms with Gasteiger partial charge in [0.15, 0.2) is 0 Å². The molecule has 0 aromatic carbocycles. The van der Waals surface area contributed by atoms with Crippen LogP contribution in [0.3, 0.4) is 0 Å². The molecule has 0 spiro atoms. The second-order valence-corrected chi connectivity index (χ2v) is 3.65. The summed E-state index contributed by atoms with van der Waals surface area (Å²) in [7, 11) is 0. The molecule has 0 bridgehead atoms. The van der Waals surface area contributed by atoms with Gasteiger partial charge in [-0.05, 0) is 22.4 Å². The predicted molar refractivity (Wildman–Crippen MR) is 53.5 cm³/mol. The quantitative estimate of drug-likeness (QED) is 0.801. The highest BCUT2D eigenvalue weighted by atomic mass is 32.1. The molecule has 0 fully saturated rings. The van der Waals surface area contributed by atoms with Crippen LogP contribution in [0.2, 0.25) is 0 Å². The smallest absolute Gasteiger partial charge is 0.0953 e. The second-order valence-electron chi connectivity index (χ2n) is 2.87. The van der Waals surface area contributed by atoms with Crippen LogP contribution < -0.4 is 5.73 Å². The molecule has 0 aliphatic rings. The molecule has 2 N–H and O–H groups in total. The lowest BCUT2D eigenvalue weighted by Crippen LogP contribution is -1.97. The van der Waals surface area contributed by atoms with E-state index in [1.807, 2.05) is 17.1 Å². The summed E-state index contributed by atoms with van der Waals surface area (Å²) in [5.74, 6) is 0. The number of hydrogen-bond donors (Lipinski definition) is 1. The van der Waals surface area contributed by atoms with E-state index in [0.717, 1.165) is 12.2 Å². The fourth-order valence-corrected chi connectivity index (χ4v) is 1.85. The molecule has 68 valence electrons. The van der Waals surface area contributed by atoms with Crippen molar-refractivity contribution < 1.29 is 0 Å². The Bertz CT molecular complexity index is 364. The maximum atomic E-state index is 5.46. The Labute approximate surface area is 80.8 Å². The van der Waals surface area contributed by atoms with Crippen molar-refractivity contribution in [3.05, 3.63) is 40.6 Å². The lowest BCUT2D eigenvalue weighted by Gasteiger charge is -1.97. The number of thiophene rings is 1. The van der Waals surface area contributed by atoms with Crippen molar-refractivity contribution in [2.75, 3.05) is 0 Å². The standard InChI is InChI=1S/C9H11N3S/c10-3-9-5-12(7-11-9)4-8-1-2-13-6-8/h1-2,5-7H,3-4,10H2. The van der Waals surface area contributed by atoms with Crippen molar-refractivity contribution >= 4 is 11.3 Å². The van der Waals surface area contributed by atoms with Crippen LogP contribution in [0.1, 0.15) is 11.3 Å². The molecule has 3 nitrogen and oxygen atoms in total. The van der Waals surface area contributed by atoms with E-state index < -0.39 is 0 Å². The zero-order valence-electron chi connectivity index (χ0n) is 7.18. The van der Waals surface area contributed by atoms with E-state index in [9.17, 15) is 0 Å². The molecule has 2 aromatic heterocycles. The van der Waals surface area contributed by atoms with Crippen LogP contribution in [0, 0.1) is 0 Å². The Hall–Kier alpha value is -1.13. The van der Waals surface area contributed by atoms with Crippen molar-refractivity contribution in [3.63, 3.8) is 0 Å². The molecule has 0 aliphatic carbocycles. The highest BCUT2D eigenvalue weighted by Crippen LogP contribution is 2.08. The summed E-state index contributed by atoms with van der Waals surface area (Å²) in [4.78, 5) is 4.16. The largest absolute Gasteiger partial charge is 0.333 e. The molecule has 13 heavy (non-hydrogen) atoms. The first-order valence-corrected chi connectivity index (χ1v) is 5.04. The monoisotopic (exact) mass is 193 g/mol. The predicted octanol–water partition coefficient (Wildman–Crippen LogP) is 1.45. The minimum absolute atomic E-state index is 0.511. The second kappa shape index (κ2) is 3.72. The summed E-state index contributed by atoms with van der Waals surface area (Å²) in [6.45, 7) is 1.40. The summed E-state index contributed by atoms with van der Waals surface area (Å²) >= 11 is 1.71. The highest BCUT2D eigenvalue weighted by molar-refractivity contribution is 7.07. The minimum Gasteiger partial charge on any atom is -0.333 e. The fraction of sp³-hybridized carbons (Fsp3) is 0.222. The molecular formula is C9H11N3S. The van der Waals surface area contributed by atoms with E-state index in [4.69, 9.17) is 5.73 Å². The van der Waals surface area contributed by atoms with Gasteiger partial charge in [0.05, 0.1) is 12.0 Å². The summed E-state index contributed by atoms with van der Waals surface area (Å²) in [5, 5.41) is 4.22. The van der Waals surface area contributed by atoms with E-state index in [1.54, 1.807) is 11.3 Å². The van der Waals surface area contributed by atoms with Gasteiger partial charge in [0.25, 0.3) is 0 Å². The van der Waals surface area contributed by atoms with Crippen molar-refractivity contribution in [2.24, 2.45) is 5.73 Å². The van der Waals surface area contributed by atoms with E-state index in [0.29, 0.717) is 6.54 Å². The first-order chi connectivity index (χ1) is 6.38. The average Bonchev–Trinajstić information content (AvgIpc) is 2.76. The maximum absolute atomic E-state index is 5.46. The van der Waals surface area contributed by atoms with Gasteiger partial charge < -0.3 is 10.3 Å². The van der Waals surface area contributed by atoms with E-state index >= 15 is 0 Å². The Morgan fingerprint density at radius 3 is 3.08 bits per heavy atom. The summed E-state index contributed by atoms with van der Waals surface area (Å²) in [5.41, 5.74) is 7.71. The normalized spacial score (nSPS) is 10.5. The minimum atomic E-state index is 0.511. The highest BCUT2D eigenvalue weighted by Gasteiger charge is 1.97. The summed E-state index contributed by atoms with van der Waals surface area (Å²) < 4.78 is 2.05. The van der Waals surface area contributed by atoms with Gasteiger partial charge in [-0.3, -0.25) is 0 Å². The molecule has 4 heteroatoms. The van der Waals surface area contributed by atoms with Crippen molar-refractivity contribution in [3.8, 4) is 0 Å². The van der Waals surface area contributed by atoms with Crippen molar-refractivity contribution in [2.45, 2.75) is 13.1 Å². The van der Waals surface area contributed by atoms with Crippen LogP contribution in [-0.4, -0.2) is 9.55 Å². The van der Waals surface area contributed by atoms with Crippen LogP contribution in [-0.2, 0) is 13.1 Å². The Kier molecular flexibility index (Phi) is 2.42. The van der Waals surface area contributed by atoms with Crippen LogP contribution in [0.15, 0.2) is 29.4 Å². The number of nitrogens with two attached hydrogens (primary N) is 1. The van der Waals surface area contributed by atoms with E-state index in [-0.39, 0.29) is 0 Å². The molecule has 0 saturated carbocycles. The third kappa shape index (κ3) is 1.96. The van der Waals surface area contributed by atoms with Gasteiger partial charge in [-0.15, -0.1) is 0 Å². The molecule has 2 heterocycles. The number of hydrogen-bond acceptors (Lipinski definition) is 3. The van der Waals surface area contributed by atoms with Gasteiger partial charge in [-0.2, -0.15) is 11.3 Å². The third-order valence-corrected chi connectivity index (χ3v) is 2.57. The number of aromatic nitrogens is 2. The first kappa shape index (κ1) is 8.47. The molecule has 0 unspecified atom stereocenters. The SMILES string of the molecule is NCc1cn(Cc2ccsc2)cn1. The third-order valence-electron chi connectivity index (χ3n) is 1.84. The molecule has 2 rings (SSSR count). The summed E-state index contributed by atoms with van der Waals surface area (Å²) in [6.07, 6.45) is 3.80. The molecule has 0 radical (unpaired) electrons. The Morgan fingerprint density at radius 1 is 1.54 bits per heavy atom. The van der Waals surface area contributed by atoms with Gasteiger partial charge in [-0.25, -0.2) is 4.98 Å². The van der Waals surface area contributed by atoms with Gasteiger partial charge >= 0.3 is 0 Å². The topological polar surface area (TPSA) is 43.8 Å². The molecule has 2 aromatic rings. The van der Waals surface area contributed by atoms with E-state index in [2.05, 4.69) is 21.8 Å². The van der Waals surface area contributed by atoms with Crippen LogP contribution in [0.5, 0.6) is 0 Å². The average molecular weight is 193 g/mol. The lowest BCUT2D eigenvalue weighted by atomic mass is 10.3. The molecule has 0 aliphatic heterocycles. The first-order valence-electron chi connectivity index (χ1n) is 4.10. The fourth-order valence-electron chi connectivity index (χ4n) is 1.19. The van der Waals surface area contributed by atoms with Gasteiger partial charge in [-0.1, -0.05) is 0 Å². The number of imidazole rings is 1. The Morgan fingerprint density at radius 2 is 2.46 bits per heavy atom. The molecule has 0 atom stereocenters. The molecular weight excluding hydrogens is 182 g/mol. The lowest BCUT2D eigenvalue weighted by molar-refractivity contribution is 0.799. The van der Waals surface area contributed by atoms with Gasteiger partial charge in [0.1, 0.15) is 0 Å². The zero-order valence-corrected chi connectivity index (χ0v) is 8.00. The van der Waals surface area contributed by atoms with E-state index in [1.165, 1.54) is 5.56 Å².